The quantitative estimate of drug-likeness (QED) is 0.480. The lowest BCUT2D eigenvalue weighted by atomic mass is 9.46. The van der Waals surface area contributed by atoms with Gasteiger partial charge < -0.3 is 4.74 Å². The molecule has 0 radical (unpaired) electrons. The Morgan fingerprint density at radius 1 is 1.06 bits per heavy atom. The number of amides is 1. The molecule has 5 rings (SSSR count). The van der Waals surface area contributed by atoms with Crippen LogP contribution in [0, 0.1) is 28.6 Å². The highest BCUT2D eigenvalue weighted by atomic mass is 79.9. The Morgan fingerprint density at radius 3 is 2.47 bits per heavy atom. The largest absolute Gasteiger partial charge is 0.442 e. The van der Waals surface area contributed by atoms with Crippen LogP contribution in [0.15, 0.2) is 52.0 Å². The molecule has 0 heterocycles. The molecule has 2 saturated carbocycles. The number of fused-ring (bicyclic) bond motifs is 5. The monoisotopic (exact) mass is 525 g/mol. The summed E-state index contributed by atoms with van der Waals surface area (Å²) >= 11 is 3.38. The predicted octanol–water partition coefficient (Wildman–Crippen LogP) is 6.63. The van der Waals surface area contributed by atoms with E-state index in [9.17, 15) is 14.4 Å². The summed E-state index contributed by atoms with van der Waals surface area (Å²) in [6.45, 7) is 6.15. The van der Waals surface area contributed by atoms with Crippen molar-refractivity contribution in [2.45, 2.75) is 65.4 Å². The van der Waals surface area contributed by atoms with E-state index in [1.54, 1.807) is 19.1 Å². The normalized spacial score (nSPS) is 36.4. The van der Waals surface area contributed by atoms with E-state index in [2.05, 4.69) is 41.2 Å². The summed E-state index contributed by atoms with van der Waals surface area (Å²) in [6, 6.07) is 7.32. The number of anilines is 1. The van der Waals surface area contributed by atoms with Gasteiger partial charge in [0.2, 0.25) is 0 Å². The van der Waals surface area contributed by atoms with Gasteiger partial charge in [0.15, 0.2) is 11.6 Å². The zero-order chi connectivity index (χ0) is 24.3. The molecule has 4 aliphatic rings. The summed E-state index contributed by atoms with van der Waals surface area (Å²) in [5.74, 6) is 1.45. The van der Waals surface area contributed by atoms with Crippen molar-refractivity contribution < 1.29 is 19.1 Å². The maximum atomic E-state index is 13.4. The molecule has 0 spiro atoms. The van der Waals surface area contributed by atoms with Crippen molar-refractivity contribution in [1.82, 2.24) is 0 Å². The Bertz CT molecular complexity index is 1110. The number of halogens is 1. The summed E-state index contributed by atoms with van der Waals surface area (Å²) in [5.41, 5.74) is 2.20. The van der Waals surface area contributed by atoms with Gasteiger partial charge in [-0.15, -0.1) is 0 Å². The van der Waals surface area contributed by atoms with Gasteiger partial charge in [-0.25, -0.2) is 4.79 Å². The minimum absolute atomic E-state index is 0.101. The number of nitrogens with one attached hydrogen (secondary N) is 1. The average molecular weight is 526 g/mol. The van der Waals surface area contributed by atoms with Gasteiger partial charge >= 0.3 is 6.09 Å². The third kappa shape index (κ3) is 3.78. The third-order valence-corrected chi connectivity index (χ3v) is 9.73. The van der Waals surface area contributed by atoms with E-state index in [1.165, 1.54) is 0 Å². The molecular formula is C28H32BrNO4. The number of hydrogen-bond donors (Lipinski definition) is 1. The van der Waals surface area contributed by atoms with Crippen LogP contribution in [0.4, 0.5) is 10.5 Å². The Kier molecular flexibility index (Phi) is 5.86. The van der Waals surface area contributed by atoms with Crippen molar-refractivity contribution in [3.05, 3.63) is 52.0 Å². The first-order valence-electron chi connectivity index (χ1n) is 12.3. The van der Waals surface area contributed by atoms with Gasteiger partial charge in [0, 0.05) is 22.2 Å². The van der Waals surface area contributed by atoms with Crippen molar-refractivity contribution in [2.24, 2.45) is 28.6 Å². The smallest absolute Gasteiger partial charge is 0.412 e. The molecule has 6 atom stereocenters. The molecule has 2 fully saturated rings. The van der Waals surface area contributed by atoms with Gasteiger partial charge in [0.1, 0.15) is 6.10 Å². The van der Waals surface area contributed by atoms with Crippen LogP contribution in [0.1, 0.15) is 59.3 Å². The maximum absolute atomic E-state index is 13.4. The van der Waals surface area contributed by atoms with E-state index in [0.29, 0.717) is 36.3 Å². The second-order valence-electron chi connectivity index (χ2n) is 11.0. The lowest BCUT2D eigenvalue weighted by Crippen LogP contribution is -2.53. The van der Waals surface area contributed by atoms with Gasteiger partial charge in [0.05, 0.1) is 0 Å². The van der Waals surface area contributed by atoms with E-state index < -0.39 is 12.2 Å². The minimum atomic E-state index is -0.504. The Hall–Kier alpha value is -2.21. The Labute approximate surface area is 209 Å². The van der Waals surface area contributed by atoms with Crippen LogP contribution in [0.2, 0.25) is 0 Å². The third-order valence-electron chi connectivity index (χ3n) is 9.20. The fraction of sp³-hybridized carbons (Fsp3) is 0.536. The number of allylic oxidation sites excluding steroid dienone is 3. The topological polar surface area (TPSA) is 72.5 Å². The van der Waals surface area contributed by atoms with Crippen LogP contribution in [-0.4, -0.2) is 23.8 Å². The van der Waals surface area contributed by atoms with Gasteiger partial charge in [-0.3, -0.25) is 14.9 Å². The zero-order valence-corrected chi connectivity index (χ0v) is 21.6. The number of rotatable bonds is 3. The summed E-state index contributed by atoms with van der Waals surface area (Å²) < 4.78 is 6.63. The molecular weight excluding hydrogens is 494 g/mol. The van der Waals surface area contributed by atoms with Crippen LogP contribution in [-0.2, 0) is 14.3 Å². The highest BCUT2D eigenvalue weighted by molar-refractivity contribution is 9.10. The molecule has 180 valence electrons. The Balaban J connectivity index is 1.32. The molecule has 5 nitrogen and oxygen atoms in total. The maximum Gasteiger partial charge on any atom is 0.412 e. The van der Waals surface area contributed by atoms with Crippen LogP contribution < -0.4 is 5.32 Å². The lowest BCUT2D eigenvalue weighted by Gasteiger charge is -2.57. The summed E-state index contributed by atoms with van der Waals surface area (Å²) in [5, 5.41) is 2.77. The zero-order valence-electron chi connectivity index (χ0n) is 20.0. The minimum Gasteiger partial charge on any atom is -0.442 e. The molecule has 4 aliphatic carbocycles. The van der Waals surface area contributed by atoms with Crippen LogP contribution in [0.3, 0.4) is 0 Å². The van der Waals surface area contributed by atoms with Crippen LogP contribution in [0.25, 0.3) is 0 Å². The van der Waals surface area contributed by atoms with Crippen molar-refractivity contribution in [2.75, 3.05) is 5.32 Å². The number of hydrogen-bond acceptors (Lipinski definition) is 4. The first kappa shape index (κ1) is 23.5. The molecule has 0 bridgehead atoms. The number of carbonyl (C=O) groups is 3. The van der Waals surface area contributed by atoms with Crippen molar-refractivity contribution in [3.63, 3.8) is 0 Å². The molecule has 1 N–H and O–H groups in total. The van der Waals surface area contributed by atoms with Crippen LogP contribution in [0.5, 0.6) is 0 Å². The van der Waals surface area contributed by atoms with Crippen molar-refractivity contribution in [1.29, 1.82) is 0 Å². The summed E-state index contributed by atoms with van der Waals surface area (Å²) in [6.07, 6.45) is 8.16. The van der Waals surface area contributed by atoms with E-state index in [1.807, 2.05) is 18.2 Å². The van der Waals surface area contributed by atoms with E-state index in [4.69, 9.17) is 4.74 Å². The fourth-order valence-electron chi connectivity index (χ4n) is 7.54. The lowest BCUT2D eigenvalue weighted by molar-refractivity contribution is -0.128. The Morgan fingerprint density at radius 2 is 1.76 bits per heavy atom. The summed E-state index contributed by atoms with van der Waals surface area (Å²) in [7, 11) is 0. The molecule has 0 unspecified atom stereocenters. The predicted molar refractivity (Wildman–Crippen MR) is 134 cm³/mol. The van der Waals surface area contributed by atoms with Crippen molar-refractivity contribution in [3.8, 4) is 0 Å². The number of benzene rings is 1. The molecule has 0 saturated heterocycles. The number of Topliss-reactive ketones (excluding diaryl/α,β-unsaturated/α-hetero) is 2. The first-order chi connectivity index (χ1) is 16.1. The molecule has 6 heteroatoms. The van der Waals surface area contributed by atoms with Crippen molar-refractivity contribution >= 4 is 39.3 Å². The summed E-state index contributed by atoms with van der Waals surface area (Å²) in [4.78, 5) is 38.2. The molecule has 34 heavy (non-hydrogen) atoms. The van der Waals surface area contributed by atoms with Gasteiger partial charge in [0.25, 0.3) is 0 Å². The van der Waals surface area contributed by atoms with E-state index in [-0.39, 0.29) is 22.4 Å². The average Bonchev–Trinajstić information content (AvgIpc) is 3.14. The number of ether oxygens (including phenoxy) is 1. The van der Waals surface area contributed by atoms with E-state index in [0.717, 1.165) is 41.3 Å². The van der Waals surface area contributed by atoms with Gasteiger partial charge in [-0.05, 0) is 104 Å². The molecule has 1 aromatic carbocycles. The van der Waals surface area contributed by atoms with Gasteiger partial charge in [-0.2, -0.15) is 0 Å². The number of ketones is 2. The second kappa shape index (κ2) is 8.47. The molecule has 1 aromatic rings. The highest BCUT2D eigenvalue weighted by Crippen LogP contribution is 2.64. The molecule has 0 aromatic heterocycles. The van der Waals surface area contributed by atoms with E-state index >= 15 is 0 Å². The molecule has 1 amide bonds. The van der Waals surface area contributed by atoms with Gasteiger partial charge in [-0.1, -0.05) is 35.9 Å². The van der Waals surface area contributed by atoms with Crippen LogP contribution >= 0.6 is 15.9 Å². The first-order valence-corrected chi connectivity index (χ1v) is 13.1. The highest BCUT2D eigenvalue weighted by Gasteiger charge is 2.59. The second-order valence-corrected chi connectivity index (χ2v) is 11.9. The molecule has 0 aliphatic heterocycles. The SMILES string of the molecule is CC(=O)C1=CC[C@H]2[C@@H]3CC(=O)C4=C[C@@H](OC(=O)Nc5ccc(Br)cc5)CC[C@]4(C)[C@H]3CC[C@]12C. The number of carbonyl (C=O) groups excluding carboxylic acids is 3. The fourth-order valence-corrected chi connectivity index (χ4v) is 7.81. The standard InChI is InChI=1S/C28H32BrNO4/c1-16(31)21-8-9-22-20-15-25(32)24-14-19(34-26(33)30-18-6-4-17(29)5-7-18)10-12-28(24,3)23(20)11-13-27(21,22)2/h4-8,14,19-20,22-23H,9-13,15H2,1-3H3,(H,30,33)/t19-,20-,22-,23-,27+,28+/m0/s1.